The molecular formula is C9H16O4. The van der Waals surface area contributed by atoms with Crippen molar-refractivity contribution in [2.45, 2.75) is 31.3 Å². The van der Waals surface area contributed by atoms with Crippen molar-refractivity contribution in [2.75, 3.05) is 13.2 Å². The van der Waals surface area contributed by atoms with Crippen LogP contribution in [0.4, 0.5) is 0 Å². The van der Waals surface area contributed by atoms with E-state index in [2.05, 4.69) is 6.58 Å². The number of hydrogen-bond acceptors (Lipinski definition) is 4. The Kier molecular flexibility index (Phi) is 3.87. The lowest BCUT2D eigenvalue weighted by atomic mass is 10.1. The predicted octanol–water partition coefficient (Wildman–Crippen LogP) is -0.302. The van der Waals surface area contributed by atoms with Gasteiger partial charge in [-0.25, -0.2) is 0 Å². The third-order valence-corrected chi connectivity index (χ3v) is 2.16. The van der Waals surface area contributed by atoms with Gasteiger partial charge in [-0.15, -0.1) is 6.58 Å². The van der Waals surface area contributed by atoms with E-state index >= 15 is 0 Å². The molecule has 0 bridgehead atoms. The topological polar surface area (TPSA) is 58.9 Å². The predicted molar refractivity (Wildman–Crippen MR) is 47.4 cm³/mol. The van der Waals surface area contributed by atoms with Gasteiger partial charge in [-0.3, -0.25) is 0 Å². The minimum Gasteiger partial charge on any atom is -0.394 e. The maximum absolute atomic E-state index is 9.60. The van der Waals surface area contributed by atoms with Gasteiger partial charge < -0.3 is 19.7 Å². The molecule has 0 aromatic carbocycles. The van der Waals surface area contributed by atoms with Crippen LogP contribution in [-0.4, -0.2) is 47.8 Å². The summed E-state index contributed by atoms with van der Waals surface area (Å²) in [6.45, 7) is 5.53. The summed E-state index contributed by atoms with van der Waals surface area (Å²) in [6, 6.07) is 0. The molecule has 76 valence electrons. The van der Waals surface area contributed by atoms with Gasteiger partial charge in [0, 0.05) is 0 Å². The normalized spacial score (nSPS) is 39.3. The molecule has 1 unspecified atom stereocenters. The van der Waals surface area contributed by atoms with E-state index in [1.165, 1.54) is 0 Å². The van der Waals surface area contributed by atoms with Crippen molar-refractivity contribution in [3.05, 3.63) is 12.7 Å². The van der Waals surface area contributed by atoms with E-state index in [0.29, 0.717) is 6.61 Å². The van der Waals surface area contributed by atoms with Gasteiger partial charge in [0.05, 0.1) is 19.3 Å². The second kappa shape index (κ2) is 4.72. The minimum atomic E-state index is -0.750. The average Bonchev–Trinajstić information content (AvgIpc) is 2.39. The SMILES string of the molecule is C=CCOC1[C@H](C)O[C@H](CO)[C@@H]1O. The van der Waals surface area contributed by atoms with Crippen LogP contribution in [0.2, 0.25) is 0 Å². The monoisotopic (exact) mass is 188 g/mol. The highest BCUT2D eigenvalue weighted by Crippen LogP contribution is 2.23. The molecule has 0 saturated carbocycles. The van der Waals surface area contributed by atoms with Gasteiger partial charge in [-0.1, -0.05) is 6.08 Å². The van der Waals surface area contributed by atoms with Gasteiger partial charge in [-0.2, -0.15) is 0 Å². The number of hydrogen-bond donors (Lipinski definition) is 2. The molecule has 0 radical (unpaired) electrons. The van der Waals surface area contributed by atoms with Crippen LogP contribution in [0, 0.1) is 0 Å². The third-order valence-electron chi connectivity index (χ3n) is 2.16. The molecule has 4 nitrogen and oxygen atoms in total. The van der Waals surface area contributed by atoms with Gasteiger partial charge in [0.15, 0.2) is 0 Å². The van der Waals surface area contributed by atoms with E-state index in [-0.39, 0.29) is 18.8 Å². The molecule has 1 aliphatic rings. The van der Waals surface area contributed by atoms with Crippen LogP contribution in [0.5, 0.6) is 0 Å². The van der Waals surface area contributed by atoms with E-state index in [0.717, 1.165) is 0 Å². The molecule has 0 spiro atoms. The summed E-state index contributed by atoms with van der Waals surface area (Å²) in [5.41, 5.74) is 0. The van der Waals surface area contributed by atoms with Gasteiger partial charge in [0.2, 0.25) is 0 Å². The first-order valence-electron chi connectivity index (χ1n) is 4.37. The zero-order valence-electron chi connectivity index (χ0n) is 7.72. The maximum Gasteiger partial charge on any atom is 0.112 e. The minimum absolute atomic E-state index is 0.181. The molecule has 1 heterocycles. The highest BCUT2D eigenvalue weighted by Gasteiger charge is 2.41. The Labute approximate surface area is 77.8 Å². The summed E-state index contributed by atoms with van der Waals surface area (Å²) >= 11 is 0. The van der Waals surface area contributed by atoms with Crippen molar-refractivity contribution in [3.63, 3.8) is 0 Å². The fourth-order valence-corrected chi connectivity index (χ4v) is 1.49. The number of aliphatic hydroxyl groups excluding tert-OH is 2. The first-order valence-corrected chi connectivity index (χ1v) is 4.37. The van der Waals surface area contributed by atoms with E-state index in [1.807, 2.05) is 6.92 Å². The lowest BCUT2D eigenvalue weighted by Crippen LogP contribution is -2.35. The third kappa shape index (κ3) is 2.28. The smallest absolute Gasteiger partial charge is 0.112 e. The van der Waals surface area contributed by atoms with Crippen LogP contribution < -0.4 is 0 Å². The molecule has 1 rings (SSSR count). The van der Waals surface area contributed by atoms with Crippen LogP contribution in [0.3, 0.4) is 0 Å². The maximum atomic E-state index is 9.60. The summed E-state index contributed by atoms with van der Waals surface area (Å²) in [4.78, 5) is 0. The van der Waals surface area contributed by atoms with Gasteiger partial charge in [0.25, 0.3) is 0 Å². The van der Waals surface area contributed by atoms with Gasteiger partial charge >= 0.3 is 0 Å². The summed E-state index contributed by atoms with van der Waals surface area (Å²) in [5, 5.41) is 18.4. The molecule has 4 heteroatoms. The lowest BCUT2D eigenvalue weighted by molar-refractivity contribution is -0.0215. The lowest BCUT2D eigenvalue weighted by Gasteiger charge is -2.17. The van der Waals surface area contributed by atoms with Crippen molar-refractivity contribution in [3.8, 4) is 0 Å². The Morgan fingerprint density at radius 2 is 2.31 bits per heavy atom. The Morgan fingerprint density at radius 3 is 2.77 bits per heavy atom. The number of rotatable bonds is 4. The second-order valence-corrected chi connectivity index (χ2v) is 3.14. The van der Waals surface area contributed by atoms with Crippen LogP contribution >= 0.6 is 0 Å². The second-order valence-electron chi connectivity index (χ2n) is 3.14. The molecule has 0 aromatic rings. The molecule has 0 aliphatic carbocycles. The standard InChI is InChI=1S/C9H16O4/c1-3-4-12-9-6(2)13-7(5-10)8(9)11/h3,6-11H,1,4-5H2,2H3/t6-,7+,8-,9?/m0/s1. The molecule has 0 aromatic heterocycles. The Bertz CT molecular complexity index is 171. The van der Waals surface area contributed by atoms with Crippen LogP contribution in [-0.2, 0) is 9.47 Å². The van der Waals surface area contributed by atoms with E-state index in [4.69, 9.17) is 14.6 Å². The molecule has 1 saturated heterocycles. The van der Waals surface area contributed by atoms with Crippen LogP contribution in [0.25, 0.3) is 0 Å². The molecule has 13 heavy (non-hydrogen) atoms. The number of aliphatic hydroxyl groups is 2. The summed E-state index contributed by atoms with van der Waals surface area (Å²) < 4.78 is 10.6. The molecule has 4 atom stereocenters. The highest BCUT2D eigenvalue weighted by molar-refractivity contribution is 4.90. The molecule has 2 N–H and O–H groups in total. The first kappa shape index (κ1) is 10.7. The van der Waals surface area contributed by atoms with Gasteiger partial charge in [0.1, 0.15) is 18.3 Å². The molecular weight excluding hydrogens is 172 g/mol. The summed E-state index contributed by atoms with van der Waals surface area (Å²) in [5.74, 6) is 0. The fourth-order valence-electron chi connectivity index (χ4n) is 1.49. The largest absolute Gasteiger partial charge is 0.394 e. The Hall–Kier alpha value is -0.420. The quantitative estimate of drug-likeness (QED) is 0.595. The van der Waals surface area contributed by atoms with E-state index in [1.54, 1.807) is 6.08 Å². The van der Waals surface area contributed by atoms with Crippen molar-refractivity contribution < 1.29 is 19.7 Å². The molecule has 1 fully saturated rings. The summed E-state index contributed by atoms with van der Waals surface area (Å²) in [7, 11) is 0. The zero-order chi connectivity index (χ0) is 9.84. The van der Waals surface area contributed by atoms with Crippen LogP contribution in [0.15, 0.2) is 12.7 Å². The van der Waals surface area contributed by atoms with Crippen LogP contribution in [0.1, 0.15) is 6.92 Å². The molecule has 1 aliphatic heterocycles. The van der Waals surface area contributed by atoms with Crippen molar-refractivity contribution >= 4 is 0 Å². The van der Waals surface area contributed by atoms with Crippen molar-refractivity contribution in [1.29, 1.82) is 0 Å². The first-order chi connectivity index (χ1) is 6.20. The van der Waals surface area contributed by atoms with E-state index in [9.17, 15) is 5.11 Å². The van der Waals surface area contributed by atoms with E-state index < -0.39 is 12.2 Å². The average molecular weight is 188 g/mol. The number of ether oxygens (including phenoxy) is 2. The fraction of sp³-hybridized carbons (Fsp3) is 0.778. The highest BCUT2D eigenvalue weighted by atomic mass is 16.6. The summed E-state index contributed by atoms with van der Waals surface area (Å²) in [6.07, 6.45) is -0.210. The molecule has 0 amide bonds. The Balaban J connectivity index is 2.48. The zero-order valence-corrected chi connectivity index (χ0v) is 7.72. The van der Waals surface area contributed by atoms with Gasteiger partial charge in [-0.05, 0) is 6.92 Å². The van der Waals surface area contributed by atoms with Crippen molar-refractivity contribution in [1.82, 2.24) is 0 Å². The Morgan fingerprint density at radius 1 is 1.62 bits per heavy atom. The van der Waals surface area contributed by atoms with Crippen molar-refractivity contribution in [2.24, 2.45) is 0 Å².